The first-order chi connectivity index (χ1) is 7.66. The summed E-state index contributed by atoms with van der Waals surface area (Å²) in [5, 5.41) is 0.727. The number of ether oxygens (including phenoxy) is 1. The third-order valence-electron chi connectivity index (χ3n) is 2.46. The van der Waals surface area contributed by atoms with Gasteiger partial charge in [0.25, 0.3) is 0 Å². The molecule has 4 heteroatoms. The van der Waals surface area contributed by atoms with Crippen LogP contribution in [0.1, 0.15) is 25.0 Å². The maximum Gasteiger partial charge on any atom is 0.185 e. The highest BCUT2D eigenvalue weighted by molar-refractivity contribution is 6.31. The Morgan fingerprint density at radius 2 is 2.31 bits per heavy atom. The molecule has 3 nitrogen and oxygen atoms in total. The van der Waals surface area contributed by atoms with Crippen LogP contribution in [0.2, 0.25) is 5.02 Å². The van der Waals surface area contributed by atoms with Crippen LogP contribution in [0.15, 0.2) is 29.3 Å². The van der Waals surface area contributed by atoms with Gasteiger partial charge in [0.05, 0.1) is 6.54 Å². The Morgan fingerprint density at radius 1 is 1.56 bits per heavy atom. The van der Waals surface area contributed by atoms with Gasteiger partial charge in [0, 0.05) is 23.0 Å². The molecule has 2 N–H and O–H groups in total. The van der Waals surface area contributed by atoms with Crippen molar-refractivity contribution in [2.45, 2.75) is 25.5 Å². The van der Waals surface area contributed by atoms with Crippen LogP contribution in [0, 0.1) is 0 Å². The summed E-state index contributed by atoms with van der Waals surface area (Å²) in [6.45, 7) is 2.57. The average molecular weight is 239 g/mol. The molecular formula is C12H15ClN2O. The predicted octanol–water partition coefficient (Wildman–Crippen LogP) is 2.55. The monoisotopic (exact) mass is 238 g/mol. The van der Waals surface area contributed by atoms with Crippen LogP contribution in [-0.2, 0) is 4.74 Å². The zero-order valence-electron chi connectivity index (χ0n) is 9.19. The number of hydrogen-bond acceptors (Lipinski definition) is 3. The number of benzene rings is 1. The maximum absolute atomic E-state index is 6.10. The van der Waals surface area contributed by atoms with Crippen molar-refractivity contribution in [2.24, 2.45) is 10.7 Å². The molecule has 2 atom stereocenters. The van der Waals surface area contributed by atoms with Crippen LogP contribution in [0.3, 0.4) is 0 Å². The fourth-order valence-electron chi connectivity index (χ4n) is 1.71. The summed E-state index contributed by atoms with van der Waals surface area (Å²) in [5.41, 5.74) is 6.69. The lowest BCUT2D eigenvalue weighted by Crippen LogP contribution is -2.20. The van der Waals surface area contributed by atoms with Gasteiger partial charge in [-0.15, -0.1) is 0 Å². The third kappa shape index (κ3) is 2.54. The molecule has 0 saturated heterocycles. The molecule has 1 heterocycles. The van der Waals surface area contributed by atoms with Gasteiger partial charge in [-0.1, -0.05) is 29.8 Å². The molecule has 1 aromatic carbocycles. The number of nitrogens with two attached hydrogens (primary N) is 1. The number of aliphatic imine (C=N–C) groups is 1. The van der Waals surface area contributed by atoms with E-state index in [1.54, 1.807) is 0 Å². The van der Waals surface area contributed by atoms with Crippen molar-refractivity contribution in [2.75, 3.05) is 6.54 Å². The fourth-order valence-corrected chi connectivity index (χ4v) is 1.97. The Kier molecular flexibility index (Phi) is 3.46. The minimum absolute atomic E-state index is 0.0533. The lowest BCUT2D eigenvalue weighted by molar-refractivity contribution is 0.222. The minimum Gasteiger partial charge on any atom is -0.471 e. The lowest BCUT2D eigenvalue weighted by Gasteiger charge is -2.13. The van der Waals surface area contributed by atoms with E-state index in [1.165, 1.54) is 0 Å². The first-order valence-electron chi connectivity index (χ1n) is 5.37. The van der Waals surface area contributed by atoms with Crippen LogP contribution >= 0.6 is 11.6 Å². The van der Waals surface area contributed by atoms with Crippen LogP contribution < -0.4 is 5.73 Å². The summed E-state index contributed by atoms with van der Waals surface area (Å²) in [6.07, 6.45) is 0.628. The Hall–Kier alpha value is -1.06. The Labute approximate surface area is 100 Å². The molecule has 1 aromatic rings. The normalized spacial score (nSPS) is 21.4. The van der Waals surface area contributed by atoms with Gasteiger partial charge in [-0.25, -0.2) is 0 Å². The molecule has 16 heavy (non-hydrogen) atoms. The van der Waals surface area contributed by atoms with Crippen molar-refractivity contribution in [3.8, 4) is 0 Å². The standard InChI is InChI=1S/C12H15ClN2O/c1-8(14)6-12-15-7-11(16-12)9-4-2-3-5-10(9)13/h2-5,8,11H,6-7,14H2,1H3. The third-order valence-corrected chi connectivity index (χ3v) is 2.80. The van der Waals surface area contributed by atoms with Gasteiger partial charge >= 0.3 is 0 Å². The lowest BCUT2D eigenvalue weighted by atomic mass is 10.1. The van der Waals surface area contributed by atoms with E-state index in [4.69, 9.17) is 22.1 Å². The molecule has 0 bridgehead atoms. The van der Waals surface area contributed by atoms with E-state index in [1.807, 2.05) is 31.2 Å². The van der Waals surface area contributed by atoms with Gasteiger partial charge < -0.3 is 10.5 Å². The summed E-state index contributed by atoms with van der Waals surface area (Å²) in [4.78, 5) is 4.33. The highest BCUT2D eigenvalue weighted by Crippen LogP contribution is 2.29. The van der Waals surface area contributed by atoms with E-state index in [-0.39, 0.29) is 12.1 Å². The fraction of sp³-hybridized carbons (Fsp3) is 0.417. The molecule has 86 valence electrons. The molecule has 0 aliphatic carbocycles. The van der Waals surface area contributed by atoms with E-state index in [9.17, 15) is 0 Å². The molecule has 2 rings (SSSR count). The predicted molar refractivity (Wildman–Crippen MR) is 65.8 cm³/mol. The second kappa shape index (κ2) is 4.85. The van der Waals surface area contributed by atoms with E-state index in [2.05, 4.69) is 4.99 Å². The van der Waals surface area contributed by atoms with E-state index < -0.39 is 0 Å². The summed E-state index contributed by atoms with van der Waals surface area (Å²) in [7, 11) is 0. The highest BCUT2D eigenvalue weighted by atomic mass is 35.5. The molecular weight excluding hydrogens is 224 g/mol. The molecule has 0 radical (unpaired) electrons. The van der Waals surface area contributed by atoms with Crippen molar-refractivity contribution in [1.29, 1.82) is 0 Å². The first-order valence-corrected chi connectivity index (χ1v) is 5.74. The molecule has 0 aromatic heterocycles. The molecule has 0 fully saturated rings. The van der Waals surface area contributed by atoms with Crippen molar-refractivity contribution in [3.63, 3.8) is 0 Å². The zero-order chi connectivity index (χ0) is 11.5. The number of nitrogens with zero attached hydrogens (tertiary/aromatic N) is 1. The maximum atomic E-state index is 6.10. The summed E-state index contributed by atoms with van der Waals surface area (Å²) in [5.74, 6) is 0.736. The number of hydrogen-bond donors (Lipinski definition) is 1. The second-order valence-electron chi connectivity index (χ2n) is 4.04. The highest BCUT2D eigenvalue weighted by Gasteiger charge is 2.23. The van der Waals surface area contributed by atoms with Gasteiger partial charge in [0.1, 0.15) is 6.10 Å². The number of halogens is 1. The summed E-state index contributed by atoms with van der Waals surface area (Å²) < 4.78 is 5.72. The van der Waals surface area contributed by atoms with Gasteiger partial charge in [0.2, 0.25) is 0 Å². The van der Waals surface area contributed by atoms with Crippen molar-refractivity contribution in [3.05, 3.63) is 34.9 Å². The smallest absolute Gasteiger partial charge is 0.185 e. The van der Waals surface area contributed by atoms with Crippen molar-refractivity contribution in [1.82, 2.24) is 0 Å². The number of rotatable bonds is 3. The topological polar surface area (TPSA) is 47.6 Å². The summed E-state index contributed by atoms with van der Waals surface area (Å²) in [6, 6.07) is 7.77. The zero-order valence-corrected chi connectivity index (χ0v) is 9.95. The molecule has 0 spiro atoms. The molecule has 2 unspecified atom stereocenters. The van der Waals surface area contributed by atoms with Crippen LogP contribution in [0.25, 0.3) is 0 Å². The van der Waals surface area contributed by atoms with Gasteiger partial charge in [0.15, 0.2) is 5.90 Å². The van der Waals surface area contributed by atoms with Crippen LogP contribution in [0.5, 0.6) is 0 Å². The second-order valence-corrected chi connectivity index (χ2v) is 4.45. The first kappa shape index (κ1) is 11.4. The molecule has 0 saturated carbocycles. The van der Waals surface area contributed by atoms with Gasteiger partial charge in [-0.3, -0.25) is 4.99 Å². The minimum atomic E-state index is -0.0533. The average Bonchev–Trinajstić information content (AvgIpc) is 2.66. The quantitative estimate of drug-likeness (QED) is 0.880. The molecule has 1 aliphatic heterocycles. The van der Waals surface area contributed by atoms with Gasteiger partial charge in [-0.2, -0.15) is 0 Å². The Balaban J connectivity index is 2.04. The molecule has 1 aliphatic rings. The van der Waals surface area contributed by atoms with Crippen LogP contribution in [-0.4, -0.2) is 18.5 Å². The Bertz CT molecular complexity index is 404. The molecule has 0 amide bonds. The largest absolute Gasteiger partial charge is 0.471 e. The van der Waals surface area contributed by atoms with Crippen molar-refractivity contribution < 1.29 is 4.74 Å². The van der Waals surface area contributed by atoms with E-state index >= 15 is 0 Å². The van der Waals surface area contributed by atoms with E-state index in [0.717, 1.165) is 16.5 Å². The van der Waals surface area contributed by atoms with E-state index in [0.29, 0.717) is 13.0 Å². The van der Waals surface area contributed by atoms with Crippen LogP contribution in [0.4, 0.5) is 0 Å². The Morgan fingerprint density at radius 3 is 3.00 bits per heavy atom. The van der Waals surface area contributed by atoms with Gasteiger partial charge in [-0.05, 0) is 13.0 Å². The van der Waals surface area contributed by atoms with Crippen molar-refractivity contribution >= 4 is 17.5 Å². The SMILES string of the molecule is CC(N)CC1=NCC(c2ccccc2Cl)O1. The summed E-state index contributed by atoms with van der Waals surface area (Å²) >= 11 is 6.10.